The van der Waals surface area contributed by atoms with Crippen LogP contribution in [0.5, 0.6) is 0 Å². The molecule has 0 unspecified atom stereocenters. The van der Waals surface area contributed by atoms with Gasteiger partial charge in [-0.2, -0.15) is 0 Å². The highest BCUT2D eigenvalue weighted by Gasteiger charge is 2.34. The number of alkyl halides is 2. The van der Waals surface area contributed by atoms with E-state index in [1.807, 2.05) is 0 Å². The Balaban J connectivity index is 2.06. The van der Waals surface area contributed by atoms with Gasteiger partial charge in [-0.1, -0.05) is 0 Å². The highest BCUT2D eigenvalue weighted by atomic mass is 19.3. The molecule has 1 aliphatic rings. The van der Waals surface area contributed by atoms with Crippen molar-refractivity contribution in [1.82, 2.24) is 9.97 Å². The first-order valence-electron chi connectivity index (χ1n) is 5.16. The Labute approximate surface area is 96.1 Å². The zero-order valence-electron chi connectivity index (χ0n) is 8.94. The maximum absolute atomic E-state index is 12.9. The number of carbonyl (C=O) groups is 1. The SMILES string of the molecule is O=C(O)c1cnc(N2CCC(F)(F)CC2)nc1. The third-order valence-electron chi connectivity index (χ3n) is 2.66. The van der Waals surface area contributed by atoms with Crippen LogP contribution in [0.4, 0.5) is 14.7 Å². The third-order valence-corrected chi connectivity index (χ3v) is 2.66. The first-order chi connectivity index (χ1) is 7.98. The van der Waals surface area contributed by atoms with Gasteiger partial charge >= 0.3 is 5.97 Å². The summed E-state index contributed by atoms with van der Waals surface area (Å²) in [5.74, 6) is -3.43. The number of rotatable bonds is 2. The summed E-state index contributed by atoms with van der Waals surface area (Å²) in [4.78, 5) is 19.9. The second-order valence-corrected chi connectivity index (χ2v) is 3.92. The molecule has 0 aliphatic carbocycles. The molecule has 5 nitrogen and oxygen atoms in total. The average Bonchev–Trinajstić information content (AvgIpc) is 2.29. The Bertz CT molecular complexity index is 412. The number of hydrogen-bond donors (Lipinski definition) is 1. The fourth-order valence-electron chi connectivity index (χ4n) is 1.63. The van der Waals surface area contributed by atoms with E-state index in [-0.39, 0.29) is 31.5 Å². The zero-order chi connectivity index (χ0) is 12.5. The van der Waals surface area contributed by atoms with E-state index in [1.165, 1.54) is 12.4 Å². The molecule has 1 aromatic rings. The molecule has 0 amide bonds. The fourth-order valence-corrected chi connectivity index (χ4v) is 1.63. The summed E-state index contributed by atoms with van der Waals surface area (Å²) in [7, 11) is 0. The maximum atomic E-state index is 12.9. The molecule has 2 heterocycles. The predicted molar refractivity (Wildman–Crippen MR) is 55.4 cm³/mol. The molecular formula is C10H11F2N3O2. The Kier molecular flexibility index (Phi) is 2.91. The maximum Gasteiger partial charge on any atom is 0.338 e. The smallest absolute Gasteiger partial charge is 0.338 e. The van der Waals surface area contributed by atoms with Gasteiger partial charge in [0.15, 0.2) is 0 Å². The Morgan fingerprint density at radius 3 is 2.29 bits per heavy atom. The average molecular weight is 243 g/mol. The van der Waals surface area contributed by atoms with Gasteiger partial charge in [0.25, 0.3) is 5.92 Å². The molecule has 0 bridgehead atoms. The summed E-state index contributed by atoms with van der Waals surface area (Å²) in [6.07, 6.45) is 1.91. The van der Waals surface area contributed by atoms with Crippen molar-refractivity contribution in [2.24, 2.45) is 0 Å². The minimum atomic E-state index is -2.61. The number of hydrogen-bond acceptors (Lipinski definition) is 4. The van der Waals surface area contributed by atoms with Gasteiger partial charge in [0.05, 0.1) is 5.56 Å². The number of halogens is 2. The molecule has 1 N–H and O–H groups in total. The molecule has 0 atom stereocenters. The van der Waals surface area contributed by atoms with Crippen molar-refractivity contribution < 1.29 is 18.7 Å². The van der Waals surface area contributed by atoms with Crippen molar-refractivity contribution in [2.45, 2.75) is 18.8 Å². The number of nitrogens with zero attached hydrogens (tertiary/aromatic N) is 3. The molecule has 1 saturated heterocycles. The summed E-state index contributed by atoms with van der Waals surface area (Å²) in [5, 5.41) is 8.66. The van der Waals surface area contributed by atoms with Crippen molar-refractivity contribution in [3.63, 3.8) is 0 Å². The largest absolute Gasteiger partial charge is 0.478 e. The van der Waals surface area contributed by atoms with Crippen molar-refractivity contribution in [3.05, 3.63) is 18.0 Å². The summed E-state index contributed by atoms with van der Waals surface area (Å²) in [5.41, 5.74) is -0.0175. The second-order valence-electron chi connectivity index (χ2n) is 3.92. The summed E-state index contributed by atoms with van der Waals surface area (Å²) < 4.78 is 25.8. The topological polar surface area (TPSA) is 66.3 Å². The lowest BCUT2D eigenvalue weighted by atomic mass is 10.1. The van der Waals surface area contributed by atoms with Crippen LogP contribution >= 0.6 is 0 Å². The summed E-state index contributed by atoms with van der Waals surface area (Å²) >= 11 is 0. The first kappa shape index (κ1) is 11.7. The Hall–Kier alpha value is -1.79. The van der Waals surface area contributed by atoms with Crippen LogP contribution in [0.1, 0.15) is 23.2 Å². The fraction of sp³-hybridized carbons (Fsp3) is 0.500. The molecule has 0 saturated carbocycles. The first-order valence-corrected chi connectivity index (χ1v) is 5.16. The minimum absolute atomic E-state index is 0.0175. The van der Waals surface area contributed by atoms with Gasteiger partial charge in [0, 0.05) is 38.3 Å². The monoisotopic (exact) mass is 243 g/mol. The van der Waals surface area contributed by atoms with E-state index >= 15 is 0 Å². The van der Waals surface area contributed by atoms with E-state index in [2.05, 4.69) is 9.97 Å². The van der Waals surface area contributed by atoms with E-state index in [1.54, 1.807) is 4.90 Å². The lowest BCUT2D eigenvalue weighted by Crippen LogP contribution is -2.40. The molecule has 17 heavy (non-hydrogen) atoms. The number of carboxylic acids is 1. The molecule has 1 fully saturated rings. The lowest BCUT2D eigenvalue weighted by molar-refractivity contribution is -0.0222. The normalized spacial score (nSPS) is 19.1. The van der Waals surface area contributed by atoms with Crippen molar-refractivity contribution >= 4 is 11.9 Å². The Morgan fingerprint density at radius 2 is 1.82 bits per heavy atom. The van der Waals surface area contributed by atoms with Gasteiger partial charge in [-0.3, -0.25) is 0 Å². The second kappa shape index (κ2) is 4.23. The van der Waals surface area contributed by atoms with E-state index in [4.69, 9.17) is 5.11 Å². The standard InChI is InChI=1S/C10H11F2N3O2/c11-10(12)1-3-15(4-2-10)9-13-5-7(6-14-9)8(16)17/h5-6H,1-4H2,(H,16,17). The van der Waals surface area contributed by atoms with Crippen LogP contribution in [0.25, 0.3) is 0 Å². The van der Waals surface area contributed by atoms with Gasteiger partial charge in [-0.15, -0.1) is 0 Å². The quantitative estimate of drug-likeness (QED) is 0.850. The van der Waals surface area contributed by atoms with Gasteiger partial charge < -0.3 is 10.0 Å². The molecule has 7 heteroatoms. The minimum Gasteiger partial charge on any atom is -0.478 e. The van der Waals surface area contributed by atoms with E-state index in [9.17, 15) is 13.6 Å². The number of anilines is 1. The van der Waals surface area contributed by atoms with Gasteiger partial charge in [0.2, 0.25) is 5.95 Å². The van der Waals surface area contributed by atoms with Crippen LogP contribution < -0.4 is 4.90 Å². The lowest BCUT2D eigenvalue weighted by Gasteiger charge is -2.31. The van der Waals surface area contributed by atoms with E-state index in [0.29, 0.717) is 5.95 Å². The van der Waals surface area contributed by atoms with Crippen LogP contribution in [-0.4, -0.2) is 40.1 Å². The molecular weight excluding hydrogens is 232 g/mol. The molecule has 92 valence electrons. The highest BCUT2D eigenvalue weighted by Crippen LogP contribution is 2.28. The van der Waals surface area contributed by atoms with Crippen LogP contribution in [0.15, 0.2) is 12.4 Å². The molecule has 0 radical (unpaired) electrons. The Morgan fingerprint density at radius 1 is 1.29 bits per heavy atom. The van der Waals surface area contributed by atoms with Crippen LogP contribution in [0.2, 0.25) is 0 Å². The van der Waals surface area contributed by atoms with Crippen LogP contribution in [0.3, 0.4) is 0 Å². The van der Waals surface area contributed by atoms with Gasteiger partial charge in [-0.25, -0.2) is 23.5 Å². The zero-order valence-corrected chi connectivity index (χ0v) is 8.94. The van der Waals surface area contributed by atoms with Crippen LogP contribution in [0, 0.1) is 0 Å². The van der Waals surface area contributed by atoms with Crippen molar-refractivity contribution in [2.75, 3.05) is 18.0 Å². The van der Waals surface area contributed by atoms with E-state index in [0.717, 1.165) is 0 Å². The summed E-state index contributed by atoms with van der Waals surface area (Å²) in [6.45, 7) is 0.360. The molecule has 1 aromatic heterocycles. The molecule has 0 aromatic carbocycles. The number of aromatic carboxylic acids is 1. The number of carboxylic acid groups (broad SMARTS) is 1. The molecule has 1 aliphatic heterocycles. The molecule has 2 rings (SSSR count). The van der Waals surface area contributed by atoms with Gasteiger partial charge in [-0.05, 0) is 0 Å². The van der Waals surface area contributed by atoms with Crippen molar-refractivity contribution in [3.8, 4) is 0 Å². The van der Waals surface area contributed by atoms with E-state index < -0.39 is 11.9 Å². The summed E-state index contributed by atoms with van der Waals surface area (Å²) in [6, 6.07) is 0. The van der Waals surface area contributed by atoms with Gasteiger partial charge in [0.1, 0.15) is 0 Å². The predicted octanol–water partition coefficient (Wildman–Crippen LogP) is 1.41. The number of piperidine rings is 1. The highest BCUT2D eigenvalue weighted by molar-refractivity contribution is 5.86. The van der Waals surface area contributed by atoms with Crippen molar-refractivity contribution in [1.29, 1.82) is 0 Å². The van der Waals surface area contributed by atoms with Crippen LogP contribution in [-0.2, 0) is 0 Å². The molecule has 0 spiro atoms. The third kappa shape index (κ3) is 2.66. The number of aromatic nitrogens is 2.